The number of amides is 1. The summed E-state index contributed by atoms with van der Waals surface area (Å²) in [6.07, 6.45) is 0. The standard InChI is InChI=1S/C20H21BrClNO4/c1-11-5-12(2)19(13(3)6-11)23-17(24)9-26-18(25)10-27-20-14(4)7-15(21)8-16(20)22/h5-8H,9-10H2,1-4H3,(H,23,24). The van der Waals surface area contributed by atoms with E-state index in [1.807, 2.05) is 45.9 Å². The van der Waals surface area contributed by atoms with Crippen molar-refractivity contribution in [1.82, 2.24) is 0 Å². The minimum atomic E-state index is -0.652. The van der Waals surface area contributed by atoms with Gasteiger partial charge >= 0.3 is 5.97 Å². The van der Waals surface area contributed by atoms with Gasteiger partial charge in [-0.25, -0.2) is 4.79 Å². The Balaban J connectivity index is 1.86. The van der Waals surface area contributed by atoms with Crippen molar-refractivity contribution in [3.8, 4) is 5.75 Å². The maximum atomic E-state index is 12.1. The molecule has 0 saturated carbocycles. The molecule has 0 radical (unpaired) electrons. The Morgan fingerprint density at radius 1 is 1.00 bits per heavy atom. The van der Waals surface area contributed by atoms with Crippen molar-refractivity contribution in [2.75, 3.05) is 18.5 Å². The lowest BCUT2D eigenvalue weighted by Crippen LogP contribution is -2.24. The monoisotopic (exact) mass is 453 g/mol. The fraction of sp³-hybridized carbons (Fsp3) is 0.300. The number of nitrogens with one attached hydrogen (secondary N) is 1. The van der Waals surface area contributed by atoms with Gasteiger partial charge in [0.25, 0.3) is 5.91 Å². The van der Waals surface area contributed by atoms with Gasteiger partial charge in [-0.1, -0.05) is 45.2 Å². The lowest BCUT2D eigenvalue weighted by atomic mass is 10.1. The van der Waals surface area contributed by atoms with Gasteiger partial charge in [-0.05, 0) is 56.5 Å². The number of aryl methyl sites for hydroxylation is 4. The molecule has 5 nitrogen and oxygen atoms in total. The van der Waals surface area contributed by atoms with Crippen LogP contribution < -0.4 is 10.1 Å². The zero-order valence-electron chi connectivity index (χ0n) is 15.6. The molecular weight excluding hydrogens is 434 g/mol. The summed E-state index contributed by atoms with van der Waals surface area (Å²) < 4.78 is 11.2. The highest BCUT2D eigenvalue weighted by Gasteiger charge is 2.13. The van der Waals surface area contributed by atoms with E-state index in [1.54, 1.807) is 6.07 Å². The second-order valence-corrected chi connectivity index (χ2v) is 7.63. The van der Waals surface area contributed by atoms with E-state index in [0.717, 1.165) is 32.4 Å². The Hall–Kier alpha value is -2.05. The molecule has 7 heteroatoms. The molecule has 2 aromatic carbocycles. The maximum Gasteiger partial charge on any atom is 0.344 e. The van der Waals surface area contributed by atoms with Crippen molar-refractivity contribution in [2.45, 2.75) is 27.7 Å². The zero-order chi connectivity index (χ0) is 20.1. The summed E-state index contributed by atoms with van der Waals surface area (Å²) in [5.74, 6) is -0.649. The van der Waals surface area contributed by atoms with E-state index in [4.69, 9.17) is 21.1 Å². The first-order chi connectivity index (χ1) is 12.7. The fourth-order valence-corrected chi connectivity index (χ4v) is 3.77. The number of ether oxygens (including phenoxy) is 2. The average molecular weight is 455 g/mol. The van der Waals surface area contributed by atoms with Crippen LogP contribution in [0.3, 0.4) is 0 Å². The first kappa shape index (κ1) is 21.3. The fourth-order valence-electron chi connectivity index (χ4n) is 2.74. The van der Waals surface area contributed by atoms with E-state index in [1.165, 1.54) is 0 Å². The Kier molecular flexibility index (Phi) is 7.27. The number of hydrogen-bond acceptors (Lipinski definition) is 4. The van der Waals surface area contributed by atoms with Gasteiger partial charge in [-0.3, -0.25) is 4.79 Å². The number of carbonyl (C=O) groups is 2. The van der Waals surface area contributed by atoms with Crippen molar-refractivity contribution in [3.63, 3.8) is 0 Å². The zero-order valence-corrected chi connectivity index (χ0v) is 18.0. The predicted octanol–water partition coefficient (Wildman–Crippen LogP) is 4.90. The van der Waals surface area contributed by atoms with Crippen LogP contribution in [0.25, 0.3) is 0 Å². The van der Waals surface area contributed by atoms with Crippen LogP contribution in [0.2, 0.25) is 5.02 Å². The molecule has 0 spiro atoms. The van der Waals surface area contributed by atoms with E-state index in [-0.39, 0.29) is 13.2 Å². The second kappa shape index (κ2) is 9.24. The van der Waals surface area contributed by atoms with E-state index in [2.05, 4.69) is 21.2 Å². The highest BCUT2D eigenvalue weighted by molar-refractivity contribution is 9.10. The van der Waals surface area contributed by atoms with Gasteiger partial charge in [-0.15, -0.1) is 0 Å². The van der Waals surface area contributed by atoms with Crippen LogP contribution in [0.1, 0.15) is 22.3 Å². The minimum absolute atomic E-state index is 0.335. The molecule has 0 unspecified atom stereocenters. The van der Waals surface area contributed by atoms with Crippen LogP contribution in [0.5, 0.6) is 5.75 Å². The van der Waals surface area contributed by atoms with Crippen LogP contribution >= 0.6 is 27.5 Å². The Morgan fingerprint density at radius 3 is 2.22 bits per heavy atom. The summed E-state index contributed by atoms with van der Waals surface area (Å²) >= 11 is 9.44. The molecule has 144 valence electrons. The van der Waals surface area contributed by atoms with Gasteiger partial charge in [0, 0.05) is 10.2 Å². The number of anilines is 1. The molecule has 2 aromatic rings. The minimum Gasteiger partial charge on any atom is -0.480 e. The molecule has 0 fully saturated rings. The number of rotatable bonds is 6. The van der Waals surface area contributed by atoms with Crippen molar-refractivity contribution in [1.29, 1.82) is 0 Å². The van der Waals surface area contributed by atoms with E-state index in [0.29, 0.717) is 10.8 Å². The third kappa shape index (κ3) is 5.97. The van der Waals surface area contributed by atoms with E-state index in [9.17, 15) is 9.59 Å². The summed E-state index contributed by atoms with van der Waals surface area (Å²) in [7, 11) is 0. The summed E-state index contributed by atoms with van der Waals surface area (Å²) in [4.78, 5) is 23.9. The molecule has 27 heavy (non-hydrogen) atoms. The number of esters is 1. The SMILES string of the molecule is Cc1cc(C)c(NC(=O)COC(=O)COc2c(C)cc(Br)cc2Cl)c(C)c1. The molecule has 2 rings (SSSR count). The predicted molar refractivity (Wildman–Crippen MR) is 110 cm³/mol. The largest absolute Gasteiger partial charge is 0.480 e. The quantitative estimate of drug-likeness (QED) is 0.631. The smallest absolute Gasteiger partial charge is 0.344 e. The third-order valence-electron chi connectivity index (χ3n) is 3.83. The van der Waals surface area contributed by atoms with Crippen LogP contribution in [0, 0.1) is 27.7 Å². The highest BCUT2D eigenvalue weighted by Crippen LogP contribution is 2.31. The first-order valence-electron chi connectivity index (χ1n) is 8.29. The number of carbonyl (C=O) groups excluding carboxylic acids is 2. The topological polar surface area (TPSA) is 64.6 Å². The average Bonchev–Trinajstić information content (AvgIpc) is 2.55. The Labute approximate surface area is 172 Å². The number of hydrogen-bond donors (Lipinski definition) is 1. The molecule has 1 N–H and O–H groups in total. The molecular formula is C20H21BrClNO4. The lowest BCUT2D eigenvalue weighted by Gasteiger charge is -2.13. The van der Waals surface area contributed by atoms with Crippen molar-refractivity contribution < 1.29 is 19.1 Å². The molecule has 0 atom stereocenters. The first-order valence-corrected chi connectivity index (χ1v) is 9.46. The van der Waals surface area contributed by atoms with Crippen LogP contribution in [-0.2, 0) is 14.3 Å². The van der Waals surface area contributed by atoms with Crippen LogP contribution in [0.4, 0.5) is 5.69 Å². The van der Waals surface area contributed by atoms with Crippen LogP contribution in [-0.4, -0.2) is 25.1 Å². The third-order valence-corrected chi connectivity index (χ3v) is 4.57. The van der Waals surface area contributed by atoms with Crippen LogP contribution in [0.15, 0.2) is 28.7 Å². The van der Waals surface area contributed by atoms with E-state index >= 15 is 0 Å². The summed E-state index contributed by atoms with van der Waals surface area (Å²) in [6.45, 7) is 6.92. The molecule has 0 aliphatic heterocycles. The lowest BCUT2D eigenvalue weighted by molar-refractivity contribution is -0.149. The maximum absolute atomic E-state index is 12.1. The Morgan fingerprint density at radius 2 is 1.63 bits per heavy atom. The summed E-state index contributed by atoms with van der Waals surface area (Å²) in [5.41, 5.74) is 4.54. The molecule has 0 aromatic heterocycles. The summed E-state index contributed by atoms with van der Waals surface area (Å²) in [5, 5.41) is 3.16. The number of benzene rings is 2. The highest BCUT2D eigenvalue weighted by atomic mass is 79.9. The van der Waals surface area contributed by atoms with Crippen molar-refractivity contribution >= 4 is 45.1 Å². The van der Waals surface area contributed by atoms with E-state index < -0.39 is 11.9 Å². The Bertz CT molecular complexity index is 836. The molecule has 0 aliphatic carbocycles. The molecule has 0 aliphatic rings. The van der Waals surface area contributed by atoms with Gasteiger partial charge in [-0.2, -0.15) is 0 Å². The normalized spacial score (nSPS) is 10.4. The van der Waals surface area contributed by atoms with Gasteiger partial charge in [0.15, 0.2) is 13.2 Å². The van der Waals surface area contributed by atoms with Gasteiger partial charge in [0.05, 0.1) is 5.02 Å². The molecule has 0 saturated heterocycles. The van der Waals surface area contributed by atoms with Crippen molar-refractivity contribution in [3.05, 3.63) is 56.0 Å². The van der Waals surface area contributed by atoms with Crippen molar-refractivity contribution in [2.24, 2.45) is 0 Å². The number of halogens is 2. The second-order valence-electron chi connectivity index (χ2n) is 6.30. The molecule has 0 bridgehead atoms. The van der Waals surface area contributed by atoms with Gasteiger partial charge in [0.2, 0.25) is 0 Å². The van der Waals surface area contributed by atoms with Gasteiger partial charge < -0.3 is 14.8 Å². The summed E-state index contributed by atoms with van der Waals surface area (Å²) in [6, 6.07) is 7.46. The molecule has 1 amide bonds. The van der Waals surface area contributed by atoms with Gasteiger partial charge in [0.1, 0.15) is 5.75 Å². The molecule has 0 heterocycles.